The van der Waals surface area contributed by atoms with Gasteiger partial charge in [0.05, 0.1) is 24.4 Å². The molecule has 2 aliphatic rings. The van der Waals surface area contributed by atoms with Gasteiger partial charge in [0.25, 0.3) is 0 Å². The Bertz CT molecular complexity index is 658. The van der Waals surface area contributed by atoms with Crippen molar-refractivity contribution >= 4 is 16.6 Å². The standard InChI is InChI=1S/C27H54O4Si2/c1-25(2,3)32(9,10)30-23-18-16-14-13-15-17-21-22(29-27(7,8)28-21)19-20-24(23)31-33(11,12)26(4,5)6/h13-14,21-24H,15-20H2,1-12H3/b14-13-/t21-,22-,23+,24+/m0/s1. The minimum atomic E-state index is -1.96. The molecule has 4 atom stereocenters. The summed E-state index contributed by atoms with van der Waals surface area (Å²) >= 11 is 0. The first-order valence-electron chi connectivity index (χ1n) is 13.2. The van der Waals surface area contributed by atoms with E-state index < -0.39 is 22.4 Å². The van der Waals surface area contributed by atoms with Crippen LogP contribution in [0.1, 0.15) is 93.9 Å². The second kappa shape index (κ2) is 10.6. The van der Waals surface area contributed by atoms with Crippen molar-refractivity contribution in [1.82, 2.24) is 0 Å². The molecule has 1 saturated heterocycles. The number of hydrogen-bond donors (Lipinski definition) is 0. The normalized spacial score (nSPS) is 31.4. The van der Waals surface area contributed by atoms with Crippen molar-refractivity contribution < 1.29 is 18.3 Å². The molecule has 0 aromatic heterocycles. The fourth-order valence-electron chi connectivity index (χ4n) is 4.24. The summed E-state index contributed by atoms with van der Waals surface area (Å²) in [6.45, 7) is 27.5. The fraction of sp³-hybridized carbons (Fsp3) is 0.926. The molecule has 0 N–H and O–H groups in total. The van der Waals surface area contributed by atoms with Crippen molar-refractivity contribution in [3.63, 3.8) is 0 Å². The average Bonchev–Trinajstić information content (AvgIpc) is 2.91. The van der Waals surface area contributed by atoms with Gasteiger partial charge in [-0.15, -0.1) is 0 Å². The van der Waals surface area contributed by atoms with E-state index in [1.54, 1.807) is 0 Å². The van der Waals surface area contributed by atoms with Gasteiger partial charge in [0.15, 0.2) is 22.4 Å². The van der Waals surface area contributed by atoms with E-state index >= 15 is 0 Å². The molecular formula is C27H54O4Si2. The minimum Gasteiger partial charge on any atom is -0.411 e. The van der Waals surface area contributed by atoms with Gasteiger partial charge in [-0.25, -0.2) is 0 Å². The number of hydrogen-bond acceptors (Lipinski definition) is 4. The highest BCUT2D eigenvalue weighted by atomic mass is 28.4. The Morgan fingerprint density at radius 3 is 1.52 bits per heavy atom. The second-order valence-corrected chi connectivity index (χ2v) is 23.3. The van der Waals surface area contributed by atoms with Crippen LogP contribution in [-0.2, 0) is 18.3 Å². The van der Waals surface area contributed by atoms with Gasteiger partial charge in [-0.2, -0.15) is 0 Å². The van der Waals surface area contributed by atoms with E-state index in [4.69, 9.17) is 18.3 Å². The average molecular weight is 499 g/mol. The topological polar surface area (TPSA) is 36.9 Å². The molecule has 1 aliphatic carbocycles. The SMILES string of the molecule is CC1(C)O[C@H]2CC/C=C\CC[C@@H](O[Si](C)(C)C(C)(C)C)[C@H](O[Si](C)(C)C(C)(C)C)CC[C@@H]2O1. The molecule has 0 radical (unpaired) electrons. The predicted octanol–water partition coefficient (Wildman–Crippen LogP) is 8.20. The molecule has 0 spiro atoms. The number of fused-ring (bicyclic) bond motifs is 1. The van der Waals surface area contributed by atoms with E-state index in [0.29, 0.717) is 0 Å². The molecule has 0 saturated carbocycles. The van der Waals surface area contributed by atoms with E-state index in [1.165, 1.54) is 0 Å². The Morgan fingerprint density at radius 2 is 1.06 bits per heavy atom. The Labute approximate surface area is 207 Å². The first-order valence-corrected chi connectivity index (χ1v) is 19.0. The van der Waals surface area contributed by atoms with Crippen molar-refractivity contribution in [1.29, 1.82) is 0 Å². The van der Waals surface area contributed by atoms with Crippen LogP contribution in [-0.4, -0.2) is 46.8 Å². The largest absolute Gasteiger partial charge is 0.411 e. The molecule has 1 fully saturated rings. The van der Waals surface area contributed by atoms with Crippen molar-refractivity contribution in [2.75, 3.05) is 0 Å². The molecule has 33 heavy (non-hydrogen) atoms. The van der Waals surface area contributed by atoms with Gasteiger partial charge in [0.1, 0.15) is 0 Å². The van der Waals surface area contributed by atoms with Gasteiger partial charge in [-0.3, -0.25) is 0 Å². The van der Waals surface area contributed by atoms with Crippen LogP contribution in [0.5, 0.6) is 0 Å². The zero-order chi connectivity index (χ0) is 25.3. The highest BCUT2D eigenvalue weighted by Gasteiger charge is 2.46. The lowest BCUT2D eigenvalue weighted by Gasteiger charge is -2.45. The summed E-state index contributed by atoms with van der Waals surface area (Å²) in [6.07, 6.45) is 11.1. The third-order valence-electron chi connectivity index (χ3n) is 8.34. The molecule has 1 aliphatic heterocycles. The highest BCUT2D eigenvalue weighted by Crippen LogP contribution is 2.42. The molecular weight excluding hydrogens is 444 g/mol. The molecule has 0 bridgehead atoms. The summed E-state index contributed by atoms with van der Waals surface area (Å²) in [6, 6.07) is 0. The maximum absolute atomic E-state index is 7.13. The van der Waals surface area contributed by atoms with E-state index in [2.05, 4.69) is 79.9 Å². The van der Waals surface area contributed by atoms with Gasteiger partial charge in [-0.1, -0.05) is 53.7 Å². The Morgan fingerprint density at radius 1 is 0.667 bits per heavy atom. The summed E-state index contributed by atoms with van der Waals surface area (Å²) in [5.41, 5.74) is 0. The van der Waals surface area contributed by atoms with E-state index in [-0.39, 0.29) is 34.5 Å². The number of ether oxygens (including phenoxy) is 2. The summed E-state index contributed by atoms with van der Waals surface area (Å²) in [5, 5.41) is 0.335. The first-order chi connectivity index (χ1) is 14.8. The predicted molar refractivity (Wildman–Crippen MR) is 145 cm³/mol. The summed E-state index contributed by atoms with van der Waals surface area (Å²) in [5.74, 6) is -0.508. The van der Waals surface area contributed by atoms with Crippen molar-refractivity contribution in [3.05, 3.63) is 12.2 Å². The molecule has 2 rings (SSSR count). The lowest BCUT2D eigenvalue weighted by atomic mass is 9.97. The second-order valence-electron chi connectivity index (χ2n) is 13.7. The lowest BCUT2D eigenvalue weighted by Crippen LogP contribution is -2.52. The Hall–Kier alpha value is 0.0138. The van der Waals surface area contributed by atoms with Gasteiger partial charge in [0, 0.05) is 0 Å². The summed E-state index contributed by atoms with van der Waals surface area (Å²) < 4.78 is 26.9. The summed E-state index contributed by atoms with van der Waals surface area (Å²) in [7, 11) is -3.90. The molecule has 0 aromatic carbocycles. The van der Waals surface area contributed by atoms with Crippen LogP contribution < -0.4 is 0 Å². The van der Waals surface area contributed by atoms with E-state index in [1.807, 2.05) is 13.8 Å². The van der Waals surface area contributed by atoms with Crippen LogP contribution in [0.25, 0.3) is 0 Å². The fourth-order valence-corrected chi connectivity index (χ4v) is 7.00. The van der Waals surface area contributed by atoms with Crippen LogP contribution in [0, 0.1) is 0 Å². The maximum Gasteiger partial charge on any atom is 0.192 e. The zero-order valence-corrected chi connectivity index (χ0v) is 25.8. The van der Waals surface area contributed by atoms with E-state index in [0.717, 1.165) is 38.5 Å². The van der Waals surface area contributed by atoms with Crippen LogP contribution in [0.4, 0.5) is 0 Å². The van der Waals surface area contributed by atoms with Gasteiger partial charge < -0.3 is 18.3 Å². The van der Waals surface area contributed by atoms with Crippen molar-refractivity contribution in [3.8, 4) is 0 Å². The van der Waals surface area contributed by atoms with Crippen molar-refractivity contribution in [2.45, 2.75) is 160 Å². The van der Waals surface area contributed by atoms with Gasteiger partial charge in [0.2, 0.25) is 0 Å². The Balaban J connectivity index is 2.36. The van der Waals surface area contributed by atoms with Crippen LogP contribution in [0.3, 0.4) is 0 Å². The van der Waals surface area contributed by atoms with Crippen LogP contribution in [0.15, 0.2) is 12.2 Å². The van der Waals surface area contributed by atoms with Crippen LogP contribution >= 0.6 is 0 Å². The molecule has 0 amide bonds. The molecule has 0 aromatic rings. The molecule has 0 unspecified atom stereocenters. The van der Waals surface area contributed by atoms with E-state index in [9.17, 15) is 0 Å². The molecule has 4 nitrogen and oxygen atoms in total. The lowest BCUT2D eigenvalue weighted by molar-refractivity contribution is -0.147. The zero-order valence-electron chi connectivity index (χ0n) is 23.8. The number of rotatable bonds is 4. The minimum absolute atomic E-state index is 0.0841. The monoisotopic (exact) mass is 498 g/mol. The summed E-state index contributed by atoms with van der Waals surface area (Å²) in [4.78, 5) is 0. The van der Waals surface area contributed by atoms with Crippen molar-refractivity contribution in [2.24, 2.45) is 0 Å². The first kappa shape index (κ1) is 29.2. The maximum atomic E-state index is 7.13. The highest BCUT2D eigenvalue weighted by molar-refractivity contribution is 6.74. The molecule has 1 heterocycles. The van der Waals surface area contributed by atoms with Gasteiger partial charge in [-0.05, 0) is 88.6 Å². The smallest absolute Gasteiger partial charge is 0.192 e. The molecule has 6 heteroatoms. The number of allylic oxidation sites excluding steroid dienone is 2. The van der Waals surface area contributed by atoms with Crippen LogP contribution in [0.2, 0.25) is 36.3 Å². The Kier molecular flexibility index (Phi) is 9.35. The molecule has 194 valence electrons. The third-order valence-corrected chi connectivity index (χ3v) is 17.4. The third kappa shape index (κ3) is 8.01. The quantitative estimate of drug-likeness (QED) is 0.289. The van der Waals surface area contributed by atoms with Gasteiger partial charge >= 0.3 is 0 Å².